The molecule has 0 aromatic carbocycles. The third kappa shape index (κ3) is 3.08. The zero-order valence-electron chi connectivity index (χ0n) is 6.49. The summed E-state index contributed by atoms with van der Waals surface area (Å²) in [5.74, 6) is -0.749. The molecule has 0 aliphatic carbocycles. The monoisotopic (exact) mass is 159 g/mol. The van der Waals surface area contributed by atoms with E-state index in [1.54, 1.807) is 0 Å². The molecule has 0 rings (SSSR count). The Balaban J connectivity index is 4.02. The van der Waals surface area contributed by atoms with Gasteiger partial charge in [-0.3, -0.25) is 4.79 Å². The van der Waals surface area contributed by atoms with Crippen LogP contribution in [0.4, 0.5) is 0 Å². The fraction of sp³-hybridized carbons (Fsp3) is 0.833. The number of primary amides is 1. The Morgan fingerprint density at radius 3 is 2.45 bits per heavy atom. The summed E-state index contributed by atoms with van der Waals surface area (Å²) >= 11 is 0. The first-order chi connectivity index (χ1) is 5.13. The fourth-order valence-electron chi connectivity index (χ4n) is 0.832. The maximum absolute atomic E-state index is 10.5. The van der Waals surface area contributed by atoms with Crippen molar-refractivity contribution in [1.29, 1.82) is 0 Å². The number of carbonyl (C=O) groups excluding carboxylic acids is 1. The lowest BCUT2D eigenvalue weighted by Gasteiger charge is -2.12. The van der Waals surface area contributed by atoms with Crippen LogP contribution in [0.25, 0.3) is 0 Å². The van der Waals surface area contributed by atoms with Crippen molar-refractivity contribution in [3.63, 3.8) is 0 Å². The van der Waals surface area contributed by atoms with E-state index in [0.29, 0.717) is 6.42 Å². The van der Waals surface area contributed by atoms with Crippen molar-refractivity contribution in [3.05, 3.63) is 4.91 Å². The van der Waals surface area contributed by atoms with E-state index < -0.39 is 18.0 Å². The number of nitrogens with two attached hydrogens (primary N) is 2. The van der Waals surface area contributed by atoms with Crippen LogP contribution in [0.5, 0.6) is 0 Å². The molecule has 0 aromatic rings. The summed E-state index contributed by atoms with van der Waals surface area (Å²) < 4.78 is 0. The Morgan fingerprint density at radius 1 is 1.64 bits per heavy atom. The number of nitroso groups, excluding NO2 is 1. The molecule has 64 valence electrons. The standard InChI is InChI=1S/C6H13N3O2/c1-2-3-4(7)5(9-11)6(8)10/h4-5H,2-3,7H2,1H3,(H2,8,10). The summed E-state index contributed by atoms with van der Waals surface area (Å²) in [6.45, 7) is 1.91. The number of nitrogens with zero attached hydrogens (tertiary/aromatic N) is 1. The van der Waals surface area contributed by atoms with E-state index in [1.165, 1.54) is 0 Å². The van der Waals surface area contributed by atoms with Gasteiger partial charge in [-0.25, -0.2) is 0 Å². The van der Waals surface area contributed by atoms with Gasteiger partial charge in [0.15, 0.2) is 6.04 Å². The lowest BCUT2D eigenvalue weighted by molar-refractivity contribution is -0.119. The van der Waals surface area contributed by atoms with E-state index in [-0.39, 0.29) is 0 Å². The van der Waals surface area contributed by atoms with Crippen LogP contribution in [0.1, 0.15) is 19.8 Å². The molecule has 1 amide bonds. The predicted molar refractivity (Wildman–Crippen MR) is 41.7 cm³/mol. The van der Waals surface area contributed by atoms with Gasteiger partial charge in [-0.1, -0.05) is 18.5 Å². The van der Waals surface area contributed by atoms with Crippen LogP contribution in [-0.2, 0) is 4.79 Å². The van der Waals surface area contributed by atoms with E-state index in [4.69, 9.17) is 11.5 Å². The average Bonchev–Trinajstić information content (AvgIpc) is 1.88. The Kier molecular flexibility index (Phi) is 4.36. The summed E-state index contributed by atoms with van der Waals surface area (Å²) in [5.41, 5.74) is 10.3. The first-order valence-corrected chi connectivity index (χ1v) is 3.50. The highest BCUT2D eigenvalue weighted by Crippen LogP contribution is 2.02. The van der Waals surface area contributed by atoms with Crippen LogP contribution in [0, 0.1) is 4.91 Å². The number of amides is 1. The molecule has 11 heavy (non-hydrogen) atoms. The second-order valence-corrected chi connectivity index (χ2v) is 2.41. The van der Waals surface area contributed by atoms with Crippen molar-refractivity contribution in [2.45, 2.75) is 31.8 Å². The molecule has 0 heterocycles. The number of hydrogen-bond acceptors (Lipinski definition) is 4. The lowest BCUT2D eigenvalue weighted by Crippen LogP contribution is -2.42. The first-order valence-electron chi connectivity index (χ1n) is 3.50. The minimum atomic E-state index is -1.07. The van der Waals surface area contributed by atoms with Gasteiger partial charge in [0.25, 0.3) is 0 Å². The molecule has 0 aliphatic heterocycles. The second kappa shape index (κ2) is 4.79. The molecule has 0 fully saturated rings. The topological polar surface area (TPSA) is 98.5 Å². The van der Waals surface area contributed by atoms with Gasteiger partial charge in [0.1, 0.15) is 0 Å². The highest BCUT2D eigenvalue weighted by molar-refractivity contribution is 5.80. The Bertz CT molecular complexity index is 149. The van der Waals surface area contributed by atoms with Gasteiger partial charge in [0.05, 0.1) is 0 Å². The van der Waals surface area contributed by atoms with Crippen molar-refractivity contribution in [2.75, 3.05) is 0 Å². The molecule has 0 radical (unpaired) electrons. The molecule has 0 saturated heterocycles. The highest BCUT2D eigenvalue weighted by atomic mass is 16.3. The third-order valence-corrected chi connectivity index (χ3v) is 1.43. The van der Waals surface area contributed by atoms with E-state index in [0.717, 1.165) is 6.42 Å². The largest absolute Gasteiger partial charge is 0.368 e. The number of rotatable bonds is 5. The van der Waals surface area contributed by atoms with Crippen LogP contribution in [0.3, 0.4) is 0 Å². The molecular formula is C6H13N3O2. The number of hydrogen-bond donors (Lipinski definition) is 2. The van der Waals surface area contributed by atoms with Crippen molar-refractivity contribution in [1.82, 2.24) is 0 Å². The van der Waals surface area contributed by atoms with Crippen molar-refractivity contribution < 1.29 is 4.79 Å². The van der Waals surface area contributed by atoms with Gasteiger partial charge in [0.2, 0.25) is 5.91 Å². The molecular weight excluding hydrogens is 146 g/mol. The lowest BCUT2D eigenvalue weighted by atomic mass is 10.1. The van der Waals surface area contributed by atoms with Gasteiger partial charge in [-0.2, -0.15) is 0 Å². The van der Waals surface area contributed by atoms with E-state index >= 15 is 0 Å². The third-order valence-electron chi connectivity index (χ3n) is 1.43. The molecule has 0 saturated carbocycles. The Labute approximate surface area is 65.1 Å². The fourth-order valence-corrected chi connectivity index (χ4v) is 0.832. The molecule has 5 heteroatoms. The summed E-state index contributed by atoms with van der Waals surface area (Å²) in [5, 5.41) is 2.56. The molecule has 4 N–H and O–H groups in total. The van der Waals surface area contributed by atoms with E-state index in [2.05, 4.69) is 5.18 Å². The molecule has 0 bridgehead atoms. The van der Waals surface area contributed by atoms with Crippen LogP contribution in [-0.4, -0.2) is 18.0 Å². The molecule has 2 unspecified atom stereocenters. The highest BCUT2D eigenvalue weighted by Gasteiger charge is 2.23. The van der Waals surface area contributed by atoms with E-state index in [9.17, 15) is 9.70 Å². The van der Waals surface area contributed by atoms with Gasteiger partial charge < -0.3 is 11.5 Å². The minimum absolute atomic E-state index is 0.532. The molecule has 0 spiro atoms. The van der Waals surface area contributed by atoms with Gasteiger partial charge in [-0.15, -0.1) is 4.91 Å². The normalized spacial score (nSPS) is 15.5. The molecule has 0 aliphatic rings. The summed E-state index contributed by atoms with van der Waals surface area (Å²) in [6.07, 6.45) is 1.39. The van der Waals surface area contributed by atoms with E-state index in [1.807, 2.05) is 6.92 Å². The van der Waals surface area contributed by atoms with Crippen molar-refractivity contribution >= 4 is 5.91 Å². The van der Waals surface area contributed by atoms with Crippen LogP contribution >= 0.6 is 0 Å². The van der Waals surface area contributed by atoms with Crippen molar-refractivity contribution in [3.8, 4) is 0 Å². The quantitative estimate of drug-likeness (QED) is 0.540. The summed E-state index contributed by atoms with van der Waals surface area (Å²) in [7, 11) is 0. The molecule has 0 aromatic heterocycles. The zero-order chi connectivity index (χ0) is 8.85. The minimum Gasteiger partial charge on any atom is -0.368 e. The number of carbonyl (C=O) groups is 1. The van der Waals surface area contributed by atoms with Crippen LogP contribution in [0.2, 0.25) is 0 Å². The first kappa shape index (κ1) is 10.0. The molecule has 5 nitrogen and oxygen atoms in total. The summed E-state index contributed by atoms with van der Waals surface area (Å²) in [4.78, 5) is 20.5. The maximum atomic E-state index is 10.5. The van der Waals surface area contributed by atoms with Gasteiger partial charge in [-0.05, 0) is 6.42 Å². The van der Waals surface area contributed by atoms with Crippen LogP contribution in [0.15, 0.2) is 5.18 Å². The summed E-state index contributed by atoms with van der Waals surface area (Å²) in [6, 6.07) is -1.61. The van der Waals surface area contributed by atoms with Crippen molar-refractivity contribution in [2.24, 2.45) is 16.6 Å². The predicted octanol–water partition coefficient (Wildman–Crippen LogP) is -0.266. The van der Waals surface area contributed by atoms with Gasteiger partial charge in [0, 0.05) is 6.04 Å². The Morgan fingerprint density at radius 2 is 2.18 bits per heavy atom. The SMILES string of the molecule is CCCC(N)C(N=O)C(N)=O. The average molecular weight is 159 g/mol. The Hall–Kier alpha value is -0.970. The molecule has 2 atom stereocenters. The van der Waals surface area contributed by atoms with Crippen LogP contribution < -0.4 is 11.5 Å². The van der Waals surface area contributed by atoms with Gasteiger partial charge >= 0.3 is 0 Å². The smallest absolute Gasteiger partial charge is 0.247 e. The maximum Gasteiger partial charge on any atom is 0.247 e. The second-order valence-electron chi connectivity index (χ2n) is 2.41. The zero-order valence-corrected chi connectivity index (χ0v) is 6.49.